The van der Waals surface area contributed by atoms with E-state index in [1.54, 1.807) is 20.3 Å². The maximum atomic E-state index is 14.9. The minimum Gasteiger partial charge on any atom is -0.497 e. The lowest BCUT2D eigenvalue weighted by Crippen LogP contribution is -2.59. The summed E-state index contributed by atoms with van der Waals surface area (Å²) < 4.78 is 51.8. The molecule has 3 saturated carbocycles. The Morgan fingerprint density at radius 2 is 1.77 bits per heavy atom. The lowest BCUT2D eigenvalue weighted by Gasteiger charge is -2.35. The van der Waals surface area contributed by atoms with E-state index in [2.05, 4.69) is 21.9 Å². The van der Waals surface area contributed by atoms with E-state index in [9.17, 15) is 27.6 Å². The fraction of sp³-hybridized carbons (Fsp3) is 0.619. The van der Waals surface area contributed by atoms with Crippen molar-refractivity contribution in [3.63, 3.8) is 0 Å². The summed E-state index contributed by atoms with van der Waals surface area (Å²) in [4.78, 5) is 58.0. The van der Waals surface area contributed by atoms with Crippen molar-refractivity contribution < 1.29 is 46.5 Å². The molecule has 2 aromatic carbocycles. The molecule has 14 nitrogen and oxygen atoms in total. The number of amides is 4. The molecule has 15 heteroatoms. The van der Waals surface area contributed by atoms with Gasteiger partial charge >= 0.3 is 6.09 Å². The average molecular weight is 809 g/mol. The molecule has 5 aliphatic rings. The molecule has 2 aromatic rings. The van der Waals surface area contributed by atoms with Crippen molar-refractivity contribution in [2.75, 3.05) is 27.4 Å². The lowest BCUT2D eigenvalue weighted by molar-refractivity contribution is -0.142. The van der Waals surface area contributed by atoms with Crippen LogP contribution in [-0.4, -0.2) is 93.5 Å². The quantitative estimate of drug-likeness (QED) is 0.295. The minimum absolute atomic E-state index is 0.00571. The summed E-state index contributed by atoms with van der Waals surface area (Å²) in [6, 6.07) is 5.61. The Bertz CT molecular complexity index is 2030. The van der Waals surface area contributed by atoms with Gasteiger partial charge in [0.2, 0.25) is 21.8 Å². The summed E-state index contributed by atoms with van der Waals surface area (Å²) in [6.45, 7) is 8.04. The van der Waals surface area contributed by atoms with Crippen LogP contribution in [0.25, 0.3) is 10.8 Å². The van der Waals surface area contributed by atoms with E-state index in [0.29, 0.717) is 49.4 Å². The number of fused-ring (bicyclic) bond motifs is 3. The van der Waals surface area contributed by atoms with E-state index in [1.807, 2.05) is 32.0 Å². The molecular formula is C42H56N4O10S. The van der Waals surface area contributed by atoms with Crippen LogP contribution in [0.5, 0.6) is 17.2 Å². The molecule has 2 heterocycles. The number of ether oxygens (including phenoxy) is 4. The van der Waals surface area contributed by atoms with E-state index in [-0.39, 0.29) is 37.3 Å². The van der Waals surface area contributed by atoms with Crippen LogP contribution in [0, 0.1) is 17.3 Å². The van der Waals surface area contributed by atoms with Crippen LogP contribution < -0.4 is 29.6 Å². The molecule has 1 saturated heterocycles. The zero-order chi connectivity index (χ0) is 40.7. The van der Waals surface area contributed by atoms with Crippen molar-refractivity contribution >= 4 is 44.6 Å². The Hall–Kier alpha value is -4.53. The number of alkyl carbamates (subject to hydrolysis) is 1. The highest BCUT2D eigenvalue weighted by atomic mass is 32.2. The molecule has 7 rings (SSSR count). The van der Waals surface area contributed by atoms with Crippen molar-refractivity contribution in [2.45, 2.75) is 120 Å². The zero-order valence-corrected chi connectivity index (χ0v) is 34.2. The molecule has 4 fully saturated rings. The molecule has 57 heavy (non-hydrogen) atoms. The van der Waals surface area contributed by atoms with Crippen LogP contribution in [0.1, 0.15) is 90.0 Å². The van der Waals surface area contributed by atoms with E-state index in [4.69, 9.17) is 18.9 Å². The second-order valence-corrected chi connectivity index (χ2v) is 19.2. The molecule has 0 spiro atoms. The maximum absolute atomic E-state index is 14.9. The van der Waals surface area contributed by atoms with Gasteiger partial charge in [0.25, 0.3) is 5.91 Å². The third-order valence-electron chi connectivity index (χ3n) is 12.5. The topological polar surface area (TPSA) is 179 Å². The number of sulfonamides is 1. The number of carbonyl (C=O) groups is 4. The Balaban J connectivity index is 1.26. The summed E-state index contributed by atoms with van der Waals surface area (Å²) in [5, 5.41) is 6.77. The number of cyclic esters (lactones) is 1. The Labute approximate surface area is 334 Å². The number of benzene rings is 2. The molecule has 0 unspecified atom stereocenters. The van der Waals surface area contributed by atoms with Crippen molar-refractivity contribution in [3.05, 3.63) is 42.5 Å². The van der Waals surface area contributed by atoms with E-state index >= 15 is 0 Å². The van der Waals surface area contributed by atoms with Gasteiger partial charge < -0.3 is 34.5 Å². The summed E-state index contributed by atoms with van der Waals surface area (Å²) >= 11 is 0. The molecule has 0 aromatic heterocycles. The van der Waals surface area contributed by atoms with Crippen molar-refractivity contribution in [1.29, 1.82) is 0 Å². The smallest absolute Gasteiger partial charge is 0.407 e. The fourth-order valence-corrected chi connectivity index (χ4v) is 10.2. The third kappa shape index (κ3) is 8.68. The normalized spacial score (nSPS) is 28.2. The monoisotopic (exact) mass is 808 g/mol. The van der Waals surface area contributed by atoms with Gasteiger partial charge in [0.1, 0.15) is 41.0 Å². The number of nitrogens with zero attached hydrogens (tertiary/aromatic N) is 1. The van der Waals surface area contributed by atoms with Crippen LogP contribution >= 0.6 is 0 Å². The first-order valence-corrected chi connectivity index (χ1v) is 21.8. The highest BCUT2D eigenvalue weighted by Gasteiger charge is 2.62. The van der Waals surface area contributed by atoms with Crippen LogP contribution in [0.15, 0.2) is 36.9 Å². The Morgan fingerprint density at radius 1 is 1.02 bits per heavy atom. The van der Waals surface area contributed by atoms with Gasteiger partial charge in [0, 0.05) is 23.8 Å². The van der Waals surface area contributed by atoms with Crippen LogP contribution in [-0.2, 0) is 35.6 Å². The number of nitrogens with one attached hydrogen (secondary N) is 3. The molecule has 3 aliphatic carbocycles. The van der Waals surface area contributed by atoms with Gasteiger partial charge in [-0.25, -0.2) is 13.2 Å². The standard InChI is InChI=1S/C42H56N4O10S/c1-6-28-22-42(28,39(49)45-57(51,52)31-14-15-31)44-37(47)33-20-30-23-46(33)38(48)36(25-11-8-7-9-12-25)43-40(50)55-24-41(2,3)16-10-13-26-18-32-27(19-34(26)54-5)17-29(53-4)21-35(32)56-30/h6,17-19,21,25,28,30-31,33,36H,1,7-16,20,22-24H2,2-5H3,(H,43,50)(H,44,47)(H,45,49)/t28-,30-,33+,36+,42-/m1/s1. The molecular weight excluding hydrogens is 753 g/mol. The number of aryl methyl sites for hydroxylation is 1. The minimum atomic E-state index is -3.90. The predicted octanol–water partition coefficient (Wildman–Crippen LogP) is 4.91. The molecule has 4 amide bonds. The van der Waals surface area contributed by atoms with E-state index in [0.717, 1.165) is 48.4 Å². The zero-order valence-electron chi connectivity index (χ0n) is 33.4. The van der Waals surface area contributed by atoms with Gasteiger partial charge in [-0.05, 0) is 91.8 Å². The first-order valence-electron chi connectivity index (χ1n) is 20.3. The summed E-state index contributed by atoms with van der Waals surface area (Å²) in [5.74, 6) is -0.819. The summed E-state index contributed by atoms with van der Waals surface area (Å²) in [7, 11) is -0.704. The molecule has 0 radical (unpaired) electrons. The molecule has 3 N–H and O–H groups in total. The predicted molar refractivity (Wildman–Crippen MR) is 212 cm³/mol. The second-order valence-electron chi connectivity index (χ2n) is 17.3. The Morgan fingerprint density at radius 3 is 2.44 bits per heavy atom. The van der Waals surface area contributed by atoms with Gasteiger partial charge in [-0.1, -0.05) is 39.2 Å². The number of methoxy groups -OCH3 is 2. The van der Waals surface area contributed by atoms with Crippen LogP contribution in [0.3, 0.4) is 0 Å². The van der Waals surface area contributed by atoms with Gasteiger partial charge in [-0.3, -0.25) is 19.1 Å². The van der Waals surface area contributed by atoms with Gasteiger partial charge in [0.05, 0.1) is 32.6 Å². The van der Waals surface area contributed by atoms with Crippen LogP contribution in [0.4, 0.5) is 4.79 Å². The second kappa shape index (κ2) is 16.0. The number of rotatable bonds is 9. The molecule has 2 aliphatic heterocycles. The largest absolute Gasteiger partial charge is 0.497 e. The SMILES string of the molecule is C=C[C@@H]1C[C@]1(NC(=O)[C@@H]1C[C@@H]2CN1C(=O)[C@H](C1CCCCC1)NC(=O)OCC(C)(C)CCCc1cc3c(cc(OC)cc3cc1OC)O2)C(=O)NS(=O)(=O)C1CC1. The first kappa shape index (κ1) is 40.7. The molecule has 5 atom stereocenters. The van der Waals surface area contributed by atoms with Gasteiger partial charge in [-0.15, -0.1) is 6.58 Å². The van der Waals surface area contributed by atoms with Crippen molar-refractivity contribution in [3.8, 4) is 17.2 Å². The van der Waals surface area contributed by atoms with Crippen LogP contribution in [0.2, 0.25) is 0 Å². The summed E-state index contributed by atoms with van der Waals surface area (Å²) in [6.07, 6.45) is 7.78. The van der Waals surface area contributed by atoms with Gasteiger partial charge in [-0.2, -0.15) is 0 Å². The number of hydrogen-bond acceptors (Lipinski definition) is 10. The molecule has 310 valence electrons. The third-order valence-corrected chi connectivity index (χ3v) is 14.3. The average Bonchev–Trinajstić information content (AvgIpc) is 4.12. The highest BCUT2D eigenvalue weighted by Crippen LogP contribution is 2.46. The number of hydrogen-bond donors (Lipinski definition) is 3. The van der Waals surface area contributed by atoms with Crippen molar-refractivity contribution in [2.24, 2.45) is 17.3 Å². The Kier molecular flexibility index (Phi) is 11.4. The summed E-state index contributed by atoms with van der Waals surface area (Å²) in [5.41, 5.74) is -0.937. The highest BCUT2D eigenvalue weighted by molar-refractivity contribution is 7.91. The number of carbonyl (C=O) groups excluding carboxylic acids is 4. The van der Waals surface area contributed by atoms with Gasteiger partial charge in [0.15, 0.2) is 0 Å². The first-order chi connectivity index (χ1) is 27.2. The van der Waals surface area contributed by atoms with Crippen molar-refractivity contribution in [1.82, 2.24) is 20.3 Å². The fourth-order valence-electron chi connectivity index (χ4n) is 8.84. The maximum Gasteiger partial charge on any atom is 0.407 e. The van der Waals surface area contributed by atoms with E-state index in [1.165, 1.54) is 11.0 Å². The molecule has 4 bridgehead atoms. The lowest BCUT2D eigenvalue weighted by atomic mass is 9.83. The van der Waals surface area contributed by atoms with E-state index < -0.39 is 68.7 Å².